The van der Waals surface area contributed by atoms with Gasteiger partial charge in [0.05, 0.1) is 16.9 Å². The molecular weight excluding hydrogens is 368 g/mol. The van der Waals surface area contributed by atoms with Crippen molar-refractivity contribution in [2.24, 2.45) is 0 Å². The maximum atomic E-state index is 12.5. The molecule has 2 rings (SSSR count). The first-order valence-corrected chi connectivity index (χ1v) is 8.60. The van der Waals surface area contributed by atoms with Gasteiger partial charge in [-0.25, -0.2) is 8.42 Å². The van der Waals surface area contributed by atoms with Gasteiger partial charge in [0.15, 0.2) is 5.75 Å². The lowest BCUT2D eigenvalue weighted by Crippen LogP contribution is -2.03. The number of halogens is 1. The first-order valence-electron chi connectivity index (χ1n) is 6.74. The van der Waals surface area contributed by atoms with Crippen LogP contribution in [0.1, 0.15) is 5.56 Å². The average molecular weight is 379 g/mol. The number of nitro benzene ring substituents is 1. The SMILES string of the molecule is COc1ccc(C=C(C#N)S(=O)(=O)c2ccc(Cl)cc2)cc1[N+](=O)[O-]. The number of hydrogen-bond acceptors (Lipinski definition) is 6. The van der Waals surface area contributed by atoms with Gasteiger partial charge in [0.2, 0.25) is 9.84 Å². The fraction of sp³-hybridized carbons (Fsp3) is 0.0625. The third-order valence-electron chi connectivity index (χ3n) is 3.22. The van der Waals surface area contributed by atoms with E-state index in [1.165, 1.54) is 43.5 Å². The van der Waals surface area contributed by atoms with Crippen LogP contribution < -0.4 is 4.74 Å². The summed E-state index contributed by atoms with van der Waals surface area (Å²) in [6.45, 7) is 0. The third-order valence-corrected chi connectivity index (χ3v) is 5.15. The topological polar surface area (TPSA) is 110 Å². The Labute approximate surface area is 148 Å². The van der Waals surface area contributed by atoms with Gasteiger partial charge in [-0.2, -0.15) is 5.26 Å². The van der Waals surface area contributed by atoms with E-state index in [2.05, 4.69) is 0 Å². The van der Waals surface area contributed by atoms with Crippen molar-refractivity contribution in [3.05, 3.63) is 68.1 Å². The zero-order valence-electron chi connectivity index (χ0n) is 12.8. The normalized spacial score (nSPS) is 11.6. The first-order chi connectivity index (χ1) is 11.8. The van der Waals surface area contributed by atoms with Crippen molar-refractivity contribution in [1.29, 1.82) is 5.26 Å². The lowest BCUT2D eigenvalue weighted by atomic mass is 10.2. The minimum atomic E-state index is -4.07. The van der Waals surface area contributed by atoms with E-state index in [1.807, 2.05) is 0 Å². The summed E-state index contributed by atoms with van der Waals surface area (Å²) in [5.74, 6) is 0.0289. The summed E-state index contributed by atoms with van der Waals surface area (Å²) in [4.78, 5) is 9.74. The number of nitrogens with zero attached hydrogens (tertiary/aromatic N) is 2. The number of nitriles is 1. The smallest absolute Gasteiger partial charge is 0.311 e. The molecule has 2 aromatic rings. The molecule has 0 spiro atoms. The molecule has 0 unspecified atom stereocenters. The van der Waals surface area contributed by atoms with Gasteiger partial charge in [-0.1, -0.05) is 17.7 Å². The quantitative estimate of drug-likeness (QED) is 0.446. The average Bonchev–Trinajstić information content (AvgIpc) is 2.59. The first kappa shape index (κ1) is 18.4. The standard InChI is InChI=1S/C16H11ClN2O5S/c1-24-16-7-2-11(9-15(16)19(20)21)8-14(10-18)25(22,23)13-5-3-12(17)4-6-13/h2-9H,1H3. The number of methoxy groups -OCH3 is 1. The molecule has 0 aliphatic rings. The number of sulfone groups is 1. The van der Waals surface area contributed by atoms with Gasteiger partial charge in [-0.15, -0.1) is 0 Å². The van der Waals surface area contributed by atoms with Crippen molar-refractivity contribution in [2.45, 2.75) is 4.90 Å². The molecule has 0 fully saturated rings. The van der Waals surface area contributed by atoms with Gasteiger partial charge in [0.25, 0.3) is 0 Å². The van der Waals surface area contributed by atoms with Crippen LogP contribution in [0.5, 0.6) is 5.75 Å². The molecule has 128 valence electrons. The summed E-state index contributed by atoms with van der Waals surface area (Å²) in [5, 5.41) is 20.6. The zero-order chi connectivity index (χ0) is 18.6. The lowest BCUT2D eigenvalue weighted by Gasteiger charge is -2.05. The molecule has 0 atom stereocenters. The van der Waals surface area contributed by atoms with Crippen molar-refractivity contribution in [3.8, 4) is 11.8 Å². The number of nitro groups is 1. The largest absolute Gasteiger partial charge is 0.490 e. The molecular formula is C16H11ClN2O5S. The minimum absolute atomic E-state index is 0.0289. The van der Waals surface area contributed by atoms with E-state index in [-0.39, 0.29) is 21.9 Å². The zero-order valence-corrected chi connectivity index (χ0v) is 14.4. The van der Waals surface area contributed by atoms with Crippen LogP contribution in [0.4, 0.5) is 5.69 Å². The van der Waals surface area contributed by atoms with Gasteiger partial charge in [0.1, 0.15) is 11.0 Å². The van der Waals surface area contributed by atoms with Crippen molar-refractivity contribution >= 4 is 33.2 Å². The van der Waals surface area contributed by atoms with Crippen molar-refractivity contribution in [1.82, 2.24) is 0 Å². The van der Waals surface area contributed by atoms with Crippen molar-refractivity contribution < 1.29 is 18.1 Å². The van der Waals surface area contributed by atoms with Gasteiger partial charge < -0.3 is 4.74 Å². The second kappa shape index (κ2) is 7.34. The predicted molar refractivity (Wildman–Crippen MR) is 91.9 cm³/mol. The van der Waals surface area contributed by atoms with E-state index < -0.39 is 19.7 Å². The Morgan fingerprint density at radius 3 is 2.44 bits per heavy atom. The summed E-state index contributed by atoms with van der Waals surface area (Å²) in [7, 11) is -2.79. The molecule has 0 aromatic heterocycles. The molecule has 0 aliphatic heterocycles. The maximum Gasteiger partial charge on any atom is 0.311 e. The maximum absolute atomic E-state index is 12.5. The lowest BCUT2D eigenvalue weighted by molar-refractivity contribution is -0.385. The van der Waals surface area contributed by atoms with Crippen LogP contribution >= 0.6 is 11.6 Å². The molecule has 9 heteroatoms. The highest BCUT2D eigenvalue weighted by Crippen LogP contribution is 2.29. The van der Waals surface area contributed by atoms with Crippen LogP contribution in [-0.2, 0) is 9.84 Å². The molecule has 25 heavy (non-hydrogen) atoms. The highest BCUT2D eigenvalue weighted by molar-refractivity contribution is 7.95. The second-order valence-electron chi connectivity index (χ2n) is 4.77. The Morgan fingerprint density at radius 1 is 1.28 bits per heavy atom. The number of allylic oxidation sites excluding steroid dienone is 1. The van der Waals surface area contributed by atoms with E-state index in [1.54, 1.807) is 6.07 Å². The highest BCUT2D eigenvalue weighted by atomic mass is 35.5. The van der Waals surface area contributed by atoms with Gasteiger partial charge in [0, 0.05) is 11.1 Å². The fourth-order valence-electron chi connectivity index (χ4n) is 2.00. The monoisotopic (exact) mass is 378 g/mol. The molecule has 7 nitrogen and oxygen atoms in total. The van der Waals surface area contributed by atoms with E-state index in [0.717, 1.165) is 12.1 Å². The van der Waals surface area contributed by atoms with Gasteiger partial charge in [-0.3, -0.25) is 10.1 Å². The van der Waals surface area contributed by atoms with E-state index in [4.69, 9.17) is 16.3 Å². The molecule has 0 radical (unpaired) electrons. The fourth-order valence-corrected chi connectivity index (χ4v) is 3.29. The highest BCUT2D eigenvalue weighted by Gasteiger charge is 2.22. The molecule has 0 saturated carbocycles. The van der Waals surface area contributed by atoms with Gasteiger partial charge in [-0.05, 0) is 42.0 Å². The molecule has 0 N–H and O–H groups in total. The van der Waals surface area contributed by atoms with Crippen LogP contribution in [0.15, 0.2) is 52.3 Å². The predicted octanol–water partition coefficient (Wildman–Crippen LogP) is 3.60. The van der Waals surface area contributed by atoms with Crippen molar-refractivity contribution in [3.63, 3.8) is 0 Å². The second-order valence-corrected chi connectivity index (χ2v) is 7.12. The summed E-state index contributed by atoms with van der Waals surface area (Å²) in [6.07, 6.45) is 1.07. The van der Waals surface area contributed by atoms with Crippen molar-refractivity contribution in [2.75, 3.05) is 7.11 Å². The number of benzene rings is 2. The van der Waals surface area contributed by atoms with E-state index in [9.17, 15) is 23.8 Å². The molecule has 0 bridgehead atoms. The van der Waals surface area contributed by atoms with Crippen LogP contribution in [0.25, 0.3) is 6.08 Å². The summed E-state index contributed by atoms with van der Waals surface area (Å²) in [6, 6.07) is 10.8. The Kier molecular flexibility index (Phi) is 5.41. The minimum Gasteiger partial charge on any atom is -0.490 e. The van der Waals surface area contributed by atoms with Crippen LogP contribution in [0.2, 0.25) is 5.02 Å². The van der Waals surface area contributed by atoms with Crippen LogP contribution in [0.3, 0.4) is 0 Å². The Morgan fingerprint density at radius 2 is 1.92 bits per heavy atom. The molecule has 0 aliphatic carbocycles. The van der Waals surface area contributed by atoms with Gasteiger partial charge >= 0.3 is 5.69 Å². The van der Waals surface area contributed by atoms with Crippen LogP contribution in [-0.4, -0.2) is 20.5 Å². The summed E-state index contributed by atoms with van der Waals surface area (Å²) >= 11 is 5.73. The summed E-state index contributed by atoms with van der Waals surface area (Å²) < 4.78 is 29.9. The Balaban J connectivity index is 2.54. The number of hydrogen-bond donors (Lipinski definition) is 0. The van der Waals surface area contributed by atoms with Crippen LogP contribution in [0, 0.1) is 21.4 Å². The third kappa shape index (κ3) is 3.96. The number of ether oxygens (including phenoxy) is 1. The van der Waals surface area contributed by atoms with E-state index >= 15 is 0 Å². The van der Waals surface area contributed by atoms with E-state index in [0.29, 0.717) is 5.02 Å². The molecule has 0 amide bonds. The molecule has 0 saturated heterocycles. The number of rotatable bonds is 5. The molecule has 0 heterocycles. The Bertz CT molecular complexity index is 992. The Hall–Kier alpha value is -2.89. The summed E-state index contributed by atoms with van der Waals surface area (Å²) in [5.41, 5.74) is -0.154. The molecule has 2 aromatic carbocycles.